The zero-order valence-electron chi connectivity index (χ0n) is 15.0. The number of hydrogen-bond donors (Lipinski definition) is 2. The van der Waals surface area contributed by atoms with Crippen molar-refractivity contribution in [3.63, 3.8) is 0 Å². The van der Waals surface area contributed by atoms with Crippen LogP contribution in [0.15, 0.2) is 34.6 Å². The van der Waals surface area contributed by atoms with Crippen molar-refractivity contribution in [2.45, 2.75) is 26.4 Å². The van der Waals surface area contributed by atoms with Crippen LogP contribution < -0.4 is 10.6 Å². The fraction of sp³-hybridized carbons (Fsp3) is 0.368. The molecule has 2 aromatic rings. The van der Waals surface area contributed by atoms with Gasteiger partial charge in [0.15, 0.2) is 5.96 Å². The van der Waals surface area contributed by atoms with E-state index in [2.05, 4.69) is 27.1 Å². The van der Waals surface area contributed by atoms with Gasteiger partial charge in [-0.05, 0) is 47.5 Å². The maximum atomic E-state index is 13.6. The molecule has 0 aliphatic carbocycles. The molecule has 1 amide bonds. The molecule has 0 unspecified atom stereocenters. The van der Waals surface area contributed by atoms with E-state index in [0.717, 1.165) is 18.5 Å². The van der Waals surface area contributed by atoms with Gasteiger partial charge in [-0.2, -0.15) is 0 Å². The summed E-state index contributed by atoms with van der Waals surface area (Å²) in [6.45, 7) is 3.78. The zero-order valence-corrected chi connectivity index (χ0v) is 15.8. The summed E-state index contributed by atoms with van der Waals surface area (Å²) in [5.74, 6) is 0.346. The third-order valence-corrected chi connectivity index (χ3v) is 5.51. The van der Waals surface area contributed by atoms with E-state index in [4.69, 9.17) is 0 Å². The summed E-state index contributed by atoms with van der Waals surface area (Å²) in [5.41, 5.74) is 2.69. The minimum absolute atomic E-state index is 0.0474. The van der Waals surface area contributed by atoms with E-state index in [-0.39, 0.29) is 18.3 Å². The smallest absolute Gasteiger partial charge is 0.242 e. The largest absolute Gasteiger partial charge is 0.352 e. The third-order valence-electron chi connectivity index (χ3n) is 4.49. The van der Waals surface area contributed by atoms with Crippen LogP contribution in [0.2, 0.25) is 0 Å². The van der Waals surface area contributed by atoms with Crippen molar-refractivity contribution in [2.75, 3.05) is 20.1 Å². The lowest BCUT2D eigenvalue weighted by molar-refractivity contribution is -0.130. The molecule has 0 fully saturated rings. The van der Waals surface area contributed by atoms with E-state index < -0.39 is 0 Å². The molecule has 26 heavy (non-hydrogen) atoms. The second-order valence-electron chi connectivity index (χ2n) is 6.30. The van der Waals surface area contributed by atoms with Gasteiger partial charge in [0.25, 0.3) is 0 Å². The van der Waals surface area contributed by atoms with Gasteiger partial charge in [0, 0.05) is 31.6 Å². The van der Waals surface area contributed by atoms with Crippen molar-refractivity contribution in [3.8, 4) is 0 Å². The molecule has 1 aromatic carbocycles. The number of guanidine groups is 1. The number of carbonyl (C=O) groups excluding carboxylic acids is 1. The van der Waals surface area contributed by atoms with Crippen LogP contribution in [0.1, 0.15) is 21.6 Å². The summed E-state index contributed by atoms with van der Waals surface area (Å²) in [6, 6.07) is 7.22. The Hall–Kier alpha value is -2.41. The van der Waals surface area contributed by atoms with E-state index in [9.17, 15) is 9.18 Å². The number of aliphatic imine (C=N–C) groups is 1. The van der Waals surface area contributed by atoms with Crippen LogP contribution in [0.5, 0.6) is 0 Å². The molecule has 0 radical (unpaired) electrons. The molecule has 2 N–H and O–H groups in total. The van der Waals surface area contributed by atoms with Crippen LogP contribution in [0.3, 0.4) is 0 Å². The molecule has 0 bridgehead atoms. The molecular formula is C19H23FN4OS. The summed E-state index contributed by atoms with van der Waals surface area (Å²) < 4.78 is 13.6. The predicted molar refractivity (Wildman–Crippen MR) is 103 cm³/mol. The highest BCUT2D eigenvalue weighted by Gasteiger charge is 2.21. The van der Waals surface area contributed by atoms with E-state index >= 15 is 0 Å². The third kappa shape index (κ3) is 4.40. The quantitative estimate of drug-likeness (QED) is 0.638. The number of benzene rings is 1. The fourth-order valence-electron chi connectivity index (χ4n) is 2.89. The number of carbonyl (C=O) groups is 1. The van der Waals surface area contributed by atoms with Gasteiger partial charge in [-0.1, -0.05) is 12.1 Å². The molecular weight excluding hydrogens is 351 g/mol. The number of halogens is 1. The molecule has 0 atom stereocenters. The Balaban J connectivity index is 1.48. The van der Waals surface area contributed by atoms with E-state index in [1.807, 2.05) is 11.0 Å². The van der Waals surface area contributed by atoms with Gasteiger partial charge in [-0.3, -0.25) is 9.79 Å². The van der Waals surface area contributed by atoms with Crippen molar-refractivity contribution in [1.82, 2.24) is 15.5 Å². The molecule has 0 spiro atoms. The minimum Gasteiger partial charge on any atom is -0.352 e. The highest BCUT2D eigenvalue weighted by Crippen LogP contribution is 2.23. The molecule has 5 nitrogen and oxygen atoms in total. The molecule has 138 valence electrons. The van der Waals surface area contributed by atoms with Gasteiger partial charge in [-0.25, -0.2) is 4.39 Å². The number of hydrogen-bond acceptors (Lipinski definition) is 3. The molecule has 2 heterocycles. The standard InChI is InChI=1S/C19H23FN4OS/c1-13-3-4-14(9-16(13)20)10-22-19(21-2)23-11-18(25)24-7-5-17-15(12-24)6-8-26-17/h3-4,6,8-9H,5,7,10-12H2,1-2H3,(H2,21,22,23). The number of nitrogens with one attached hydrogen (secondary N) is 2. The summed E-state index contributed by atoms with van der Waals surface area (Å²) in [7, 11) is 1.65. The Labute approximate surface area is 156 Å². The second kappa shape index (κ2) is 8.31. The molecule has 1 aromatic heterocycles. The minimum atomic E-state index is -0.222. The van der Waals surface area contributed by atoms with Crippen molar-refractivity contribution in [3.05, 3.63) is 57.0 Å². The first-order valence-electron chi connectivity index (χ1n) is 8.59. The van der Waals surface area contributed by atoms with E-state index in [1.165, 1.54) is 16.5 Å². The van der Waals surface area contributed by atoms with Crippen molar-refractivity contribution < 1.29 is 9.18 Å². The lowest BCUT2D eigenvalue weighted by Gasteiger charge is -2.27. The maximum absolute atomic E-state index is 13.6. The van der Waals surface area contributed by atoms with Crippen LogP contribution in [0.25, 0.3) is 0 Å². The highest BCUT2D eigenvalue weighted by molar-refractivity contribution is 7.10. The molecule has 7 heteroatoms. The number of rotatable bonds is 4. The van der Waals surface area contributed by atoms with E-state index in [1.54, 1.807) is 31.4 Å². The summed E-state index contributed by atoms with van der Waals surface area (Å²) in [5, 5.41) is 8.22. The SMILES string of the molecule is CN=C(NCC(=O)N1CCc2sccc2C1)NCc1ccc(C)c(F)c1. The van der Waals surface area contributed by atoms with Gasteiger partial charge in [0.2, 0.25) is 5.91 Å². The maximum Gasteiger partial charge on any atom is 0.242 e. The van der Waals surface area contributed by atoms with Crippen LogP contribution in [0.4, 0.5) is 4.39 Å². The number of fused-ring (bicyclic) bond motifs is 1. The lowest BCUT2D eigenvalue weighted by Crippen LogP contribution is -2.45. The van der Waals surface area contributed by atoms with E-state index in [0.29, 0.717) is 24.6 Å². The molecule has 1 aliphatic rings. The summed E-state index contributed by atoms with van der Waals surface area (Å²) in [6.07, 6.45) is 0.921. The van der Waals surface area contributed by atoms with Gasteiger partial charge >= 0.3 is 0 Å². The topological polar surface area (TPSA) is 56.7 Å². The van der Waals surface area contributed by atoms with Gasteiger partial charge in [-0.15, -0.1) is 11.3 Å². The fourth-order valence-corrected chi connectivity index (χ4v) is 3.77. The molecule has 1 aliphatic heterocycles. The van der Waals surface area contributed by atoms with Gasteiger partial charge in [0.05, 0.1) is 6.54 Å². The monoisotopic (exact) mass is 374 g/mol. The molecule has 0 saturated carbocycles. The zero-order chi connectivity index (χ0) is 18.5. The van der Waals surface area contributed by atoms with Crippen LogP contribution in [-0.4, -0.2) is 36.9 Å². The first-order chi connectivity index (χ1) is 12.6. The highest BCUT2D eigenvalue weighted by atomic mass is 32.1. The van der Waals surface area contributed by atoms with Gasteiger partial charge in [0.1, 0.15) is 5.82 Å². The number of nitrogens with zero attached hydrogens (tertiary/aromatic N) is 2. The van der Waals surface area contributed by atoms with Crippen molar-refractivity contribution in [2.24, 2.45) is 4.99 Å². The summed E-state index contributed by atoms with van der Waals surface area (Å²) in [4.78, 5) is 19.8. The Bertz CT molecular complexity index is 818. The van der Waals surface area contributed by atoms with Crippen LogP contribution in [0, 0.1) is 12.7 Å². The normalized spacial score (nSPS) is 14.1. The van der Waals surface area contributed by atoms with Gasteiger partial charge < -0.3 is 15.5 Å². The predicted octanol–water partition coefficient (Wildman–Crippen LogP) is 2.45. The van der Waals surface area contributed by atoms with Crippen molar-refractivity contribution in [1.29, 1.82) is 0 Å². The molecule has 3 rings (SSSR count). The van der Waals surface area contributed by atoms with Crippen LogP contribution >= 0.6 is 11.3 Å². The van der Waals surface area contributed by atoms with Crippen molar-refractivity contribution >= 4 is 23.2 Å². The lowest BCUT2D eigenvalue weighted by atomic mass is 10.1. The number of aryl methyl sites for hydroxylation is 1. The number of thiophene rings is 1. The average molecular weight is 374 g/mol. The first kappa shape index (κ1) is 18.4. The Kier molecular flexibility index (Phi) is 5.88. The molecule has 0 saturated heterocycles. The number of amides is 1. The Morgan fingerprint density at radius 3 is 2.96 bits per heavy atom. The average Bonchev–Trinajstić information content (AvgIpc) is 3.12. The first-order valence-corrected chi connectivity index (χ1v) is 9.47. The Morgan fingerprint density at radius 2 is 2.19 bits per heavy atom. The van der Waals surface area contributed by atoms with Crippen LogP contribution in [-0.2, 0) is 24.3 Å². The second-order valence-corrected chi connectivity index (χ2v) is 7.30. The Morgan fingerprint density at radius 1 is 1.35 bits per heavy atom. The summed E-state index contributed by atoms with van der Waals surface area (Å²) >= 11 is 1.76.